The van der Waals surface area contributed by atoms with Crippen molar-refractivity contribution in [2.24, 2.45) is 0 Å². The number of aromatic carboxylic acids is 1. The average Bonchev–Trinajstić information content (AvgIpc) is 1.58. The van der Waals surface area contributed by atoms with Gasteiger partial charge >= 0.3 is 36.6 Å². The molecule has 50 heteroatoms. The van der Waals surface area contributed by atoms with E-state index in [4.69, 9.17) is 42.5 Å². The van der Waals surface area contributed by atoms with Crippen LogP contribution < -0.4 is 10.6 Å². The van der Waals surface area contributed by atoms with Crippen LogP contribution in [0.15, 0.2) is 135 Å². The molecule has 0 unspecified atom stereocenters. The highest BCUT2D eigenvalue weighted by atomic mass is 35.5. The Morgan fingerprint density at radius 3 is 1.07 bits per heavy atom. The zero-order chi connectivity index (χ0) is 107. The fourth-order valence-corrected chi connectivity index (χ4v) is 20.3. The summed E-state index contributed by atoms with van der Waals surface area (Å²) in [6.45, 7) is 19.9. The van der Waals surface area contributed by atoms with E-state index in [2.05, 4.69) is 130 Å². The molecular weight excluding hydrogens is 2060 g/mol. The minimum atomic E-state index is -4.65. The molecule has 12 heterocycles. The summed E-state index contributed by atoms with van der Waals surface area (Å²) in [6.07, 6.45) is 0.246. The average molecular weight is 2170 g/mol. The molecule has 0 bridgehead atoms. The molecule has 0 spiro atoms. The highest BCUT2D eigenvalue weighted by Gasteiger charge is 2.45. The summed E-state index contributed by atoms with van der Waals surface area (Å²) >= 11 is 11.7. The van der Waals surface area contributed by atoms with Crippen LogP contribution in [0.4, 0.5) is 61.5 Å². The SMILES string of the molecule is COC(=O)c1cn(Cc2c(C(F)(F)F)c3cc(C4CC4)ccc3n2COCC[Si](C)(C)C)nn1.C[Si](C)(C)CCOCn1c(Cn2cc(C(=O)NCc3ncn4ccc(Cl)c(F)c34)nn2)c(C(F)(F)F)c2cc(C3CC3)ccc21.C[Si](C)(C)CCOCn1c(Cn2cc(C(=O)O)nn2)c(C(F)(F)F)c2cc(C3CC3)ccc21.O=C(NCc1ncn2ccc(Cl)c(F)c12)c1cn(Cc2[nH]c3ccc(C4CC4)cc3c2C(F)(F)F)nn1. The van der Waals surface area contributed by atoms with Crippen molar-refractivity contribution in [2.45, 2.75) is 236 Å². The van der Waals surface area contributed by atoms with Gasteiger partial charge in [0.05, 0.1) is 167 Å². The molecule has 4 aliphatic carbocycles. The van der Waals surface area contributed by atoms with Gasteiger partial charge in [-0.25, -0.2) is 47.1 Å². The second-order valence-corrected chi connectivity index (χ2v) is 58.9. The van der Waals surface area contributed by atoms with Crippen molar-refractivity contribution in [3.63, 3.8) is 0 Å². The lowest BCUT2D eigenvalue weighted by Gasteiger charge is -2.17. The van der Waals surface area contributed by atoms with E-state index in [0.29, 0.717) is 59.6 Å². The van der Waals surface area contributed by atoms with Gasteiger partial charge in [-0.15, -0.1) is 20.4 Å². The number of H-pyrrole nitrogens is 1. The highest BCUT2D eigenvalue weighted by Crippen LogP contribution is 2.51. The van der Waals surface area contributed by atoms with Crippen LogP contribution in [0.3, 0.4) is 0 Å². The van der Waals surface area contributed by atoms with Crippen molar-refractivity contribution in [3.05, 3.63) is 258 Å². The van der Waals surface area contributed by atoms with E-state index in [0.717, 1.165) is 107 Å². The largest absolute Gasteiger partial charge is 0.476 e. The number of rotatable bonds is 35. The molecule has 0 radical (unpaired) electrons. The Labute approximate surface area is 854 Å². The van der Waals surface area contributed by atoms with Gasteiger partial charge in [0, 0.05) is 83.5 Å². The number of amides is 2. The van der Waals surface area contributed by atoms with Gasteiger partial charge in [0.1, 0.15) is 31.2 Å². The Bertz CT molecular complexity index is 7690. The first-order chi connectivity index (χ1) is 70.4. The number of ether oxygens (including phenoxy) is 4. The molecular formula is C99H106Cl2F14N22O9Si3. The van der Waals surface area contributed by atoms with Crippen LogP contribution in [-0.2, 0) is 103 Å². The van der Waals surface area contributed by atoms with Gasteiger partial charge in [-0.3, -0.25) is 9.59 Å². The molecule has 4 N–H and O–H groups in total. The number of fused-ring (bicyclic) bond motifs is 6. The number of hydrogen-bond acceptors (Lipinski definition) is 18. The lowest BCUT2D eigenvalue weighted by Crippen LogP contribution is -2.23. The van der Waals surface area contributed by atoms with Crippen molar-refractivity contribution in [1.82, 2.24) is 108 Å². The molecule has 149 heavy (non-hydrogen) atoms. The Kier molecular flexibility index (Phi) is 30.8. The van der Waals surface area contributed by atoms with Gasteiger partial charge in [0.15, 0.2) is 34.4 Å². The normalized spacial score (nSPS) is 14.4. The number of halogens is 16. The molecule has 4 aromatic carbocycles. The van der Waals surface area contributed by atoms with E-state index in [1.807, 2.05) is 24.3 Å². The number of esters is 1. The number of imidazole rings is 2. The van der Waals surface area contributed by atoms with Gasteiger partial charge in [0.2, 0.25) is 0 Å². The van der Waals surface area contributed by atoms with Crippen molar-refractivity contribution >= 4 is 126 Å². The lowest BCUT2D eigenvalue weighted by molar-refractivity contribution is -0.138. The summed E-state index contributed by atoms with van der Waals surface area (Å²) in [5, 5.41) is 44.9. The van der Waals surface area contributed by atoms with Crippen LogP contribution >= 0.6 is 23.2 Å². The number of methoxy groups -OCH3 is 1. The number of pyridine rings is 2. The van der Waals surface area contributed by atoms with Gasteiger partial charge in [0.25, 0.3) is 11.8 Å². The van der Waals surface area contributed by atoms with Crippen molar-refractivity contribution < 1.29 is 105 Å². The number of carbonyl (C=O) groups is 4. The second-order valence-electron chi connectivity index (χ2n) is 41.2. The van der Waals surface area contributed by atoms with E-state index in [1.165, 1.54) is 79.4 Å². The maximum atomic E-state index is 14.7. The van der Waals surface area contributed by atoms with Crippen molar-refractivity contribution in [3.8, 4) is 0 Å². The summed E-state index contributed by atoms with van der Waals surface area (Å²) in [6, 6.07) is 26.4. The molecule has 31 nitrogen and oxygen atoms in total. The van der Waals surface area contributed by atoms with E-state index >= 15 is 0 Å². The summed E-state index contributed by atoms with van der Waals surface area (Å²) in [7, 11) is -2.93. The maximum absolute atomic E-state index is 14.7. The summed E-state index contributed by atoms with van der Waals surface area (Å²) in [5.74, 6) is -3.40. The van der Waals surface area contributed by atoms with E-state index in [9.17, 15) is 80.6 Å². The number of aromatic nitrogens is 20. The number of carboxylic acid groups (broad SMARTS) is 1. The molecule has 4 saturated carbocycles. The van der Waals surface area contributed by atoms with Crippen LogP contribution in [0.2, 0.25) is 87.1 Å². The van der Waals surface area contributed by atoms with Crippen LogP contribution in [0, 0.1) is 11.6 Å². The summed E-state index contributed by atoms with van der Waals surface area (Å²) < 4.78 is 236. The zero-order valence-electron chi connectivity index (χ0n) is 82.5. The van der Waals surface area contributed by atoms with Gasteiger partial charge < -0.3 is 62.2 Å². The third-order valence-electron chi connectivity index (χ3n) is 26.1. The first-order valence-electron chi connectivity index (χ1n) is 48.1. The minimum Gasteiger partial charge on any atom is -0.476 e. The smallest absolute Gasteiger partial charge is 0.418 e. The topological polar surface area (TPSA) is 338 Å². The lowest BCUT2D eigenvalue weighted by atomic mass is 10.0. The first-order valence-corrected chi connectivity index (χ1v) is 60.0. The molecule has 0 aliphatic heterocycles. The summed E-state index contributed by atoms with van der Waals surface area (Å²) in [5.41, 5.74) is 2.40. The molecule has 4 fully saturated rings. The number of carbonyl (C=O) groups excluding carboxylic acids is 3. The fourth-order valence-electron chi connectivity index (χ4n) is 17.7. The van der Waals surface area contributed by atoms with Crippen LogP contribution in [0.1, 0.15) is 196 Å². The molecule has 12 aromatic heterocycles. The highest BCUT2D eigenvalue weighted by molar-refractivity contribution is 6.76. The minimum absolute atomic E-state index is 0.00623. The Balaban J connectivity index is 0.000000136. The molecule has 0 atom stereocenters. The number of aromatic amines is 1. The Hall–Kier alpha value is -13.0. The first kappa shape index (κ1) is 107. The van der Waals surface area contributed by atoms with Crippen LogP contribution in [-0.4, -0.2) is 177 Å². The number of hydrogen-bond donors (Lipinski definition) is 4. The van der Waals surface area contributed by atoms with E-state index in [-0.39, 0.29) is 165 Å². The van der Waals surface area contributed by atoms with Gasteiger partial charge in [-0.2, -0.15) is 52.7 Å². The van der Waals surface area contributed by atoms with Gasteiger partial charge in [-0.05, 0) is 176 Å². The predicted octanol–water partition coefficient (Wildman–Crippen LogP) is 22.4. The third kappa shape index (κ3) is 25.3. The predicted molar refractivity (Wildman–Crippen MR) is 532 cm³/mol. The van der Waals surface area contributed by atoms with Gasteiger partial charge in [-0.1, -0.05) is 127 Å². The molecule has 2 amide bonds. The zero-order valence-corrected chi connectivity index (χ0v) is 87.0. The second kappa shape index (κ2) is 42.8. The van der Waals surface area contributed by atoms with E-state index < -0.39 is 107 Å². The number of carboxylic acids is 1. The maximum Gasteiger partial charge on any atom is 0.418 e. The quantitative estimate of drug-likeness (QED) is 0.0124. The third-order valence-corrected chi connectivity index (χ3v) is 31.8. The summed E-state index contributed by atoms with van der Waals surface area (Å²) in [4.78, 5) is 59.5. The Morgan fingerprint density at radius 1 is 0.430 bits per heavy atom. The fraction of sp³-hybridized carbons (Fsp3) is 0.414. The van der Waals surface area contributed by atoms with E-state index in [1.54, 1.807) is 63.9 Å². The molecule has 4 aliphatic rings. The monoisotopic (exact) mass is 2170 g/mol. The number of nitrogens with one attached hydrogen (secondary N) is 3. The standard InChI is InChI=1S/C30H32ClF4N7O2Si.C24H18ClF4N7O.C23H29F3N4O3Si.C22H27F3N4O3Si/c1-45(2,3)11-10-44-17-42-24-7-6-19(18-4-5-18)12-20(24)26(30(33,34)35)25(42)15-41-14-23(38-39-41)29(43)36-13-22-28-27(32)21(31)8-9-40(28)16-37-22;25-15-5-6-35-11-31-17(22(35)21(15)26)8-30-23(37)19-10-36(34-33-19)9-18-20(24(27,28)29)14-7-13(12-1-2-12)3-4-16(14)32-18;1-32-22(31)18-12-29(28-27-18)13-20-21(23(24,25)26)17-11-16(15-5-6-15)7-8-19(17)30(20)14-33-9-10-34(2,3)4;1-33(2,3)9-8-32-13-29-18-7-6-15(14-4-5-14)10-16(18)20(22(23,24)25)19(29)12-28-11-17(21(30)31)26-27-28/h6-9,12,14,16,18H,4-5,10-11,13,15,17H2,1-3H3,(H,36,43);3-7,10-12,32H,1-2,8-9H2,(H,30,37);7-8,11-12,15H,5-6,9-10,13-14H2,1-4H3;6-7,10-11,14H,4-5,8-9,12-13H2,1-3H3,(H,30,31). The molecule has 790 valence electrons. The van der Waals surface area contributed by atoms with Crippen molar-refractivity contribution in [2.75, 3.05) is 26.9 Å². The number of nitrogens with zero attached hydrogens (tertiary/aromatic N) is 19. The molecule has 0 saturated heterocycles. The Morgan fingerprint density at radius 2 is 0.745 bits per heavy atom. The van der Waals surface area contributed by atoms with Crippen molar-refractivity contribution in [1.29, 1.82) is 0 Å². The number of alkyl halides is 12. The molecule has 16 aromatic rings. The number of benzene rings is 4. The van der Waals surface area contributed by atoms with Crippen LogP contribution in [0.5, 0.6) is 0 Å². The van der Waals surface area contributed by atoms with Crippen LogP contribution in [0.25, 0.3) is 54.6 Å². The molecule has 20 rings (SSSR count).